The molecule has 0 aliphatic heterocycles. The van der Waals surface area contributed by atoms with Crippen molar-refractivity contribution in [2.75, 3.05) is 0 Å². The number of rotatable bonds is 3. The Morgan fingerprint density at radius 1 is 1.29 bits per heavy atom. The number of nitrogens with zero attached hydrogens (tertiary/aromatic N) is 2. The van der Waals surface area contributed by atoms with Crippen molar-refractivity contribution < 1.29 is 14.4 Å². The zero-order valence-corrected chi connectivity index (χ0v) is 12.0. The molecule has 110 valence electrons. The van der Waals surface area contributed by atoms with Gasteiger partial charge in [-0.1, -0.05) is 43.5 Å². The lowest BCUT2D eigenvalue weighted by molar-refractivity contribution is 0.0697. The minimum atomic E-state index is -0.959. The topological polar surface area (TPSA) is 76.2 Å². The van der Waals surface area contributed by atoms with Gasteiger partial charge in [-0.05, 0) is 25.0 Å². The summed E-state index contributed by atoms with van der Waals surface area (Å²) >= 11 is 0. The number of aromatic nitrogens is 2. The van der Waals surface area contributed by atoms with Gasteiger partial charge in [-0.3, -0.25) is 0 Å². The molecule has 1 aromatic heterocycles. The first-order valence-electron chi connectivity index (χ1n) is 7.26. The number of benzene rings is 1. The third-order valence-electron chi connectivity index (χ3n) is 4.27. The molecule has 2 aromatic rings. The molecule has 0 atom stereocenters. The van der Waals surface area contributed by atoms with Gasteiger partial charge in [0, 0.05) is 11.0 Å². The van der Waals surface area contributed by atoms with Gasteiger partial charge in [0.2, 0.25) is 11.7 Å². The lowest BCUT2D eigenvalue weighted by atomic mass is 9.75. The monoisotopic (exact) mass is 286 g/mol. The fraction of sp³-hybridized carbons (Fsp3) is 0.438. The Kier molecular flexibility index (Phi) is 3.49. The van der Waals surface area contributed by atoms with E-state index < -0.39 is 5.97 Å². The number of carbonyl (C=O) groups is 1. The van der Waals surface area contributed by atoms with E-state index in [9.17, 15) is 4.79 Å². The van der Waals surface area contributed by atoms with Crippen LogP contribution in [0.3, 0.4) is 0 Å². The second-order valence-electron chi connectivity index (χ2n) is 5.93. The molecule has 0 radical (unpaired) electrons. The van der Waals surface area contributed by atoms with Gasteiger partial charge in [0.25, 0.3) is 0 Å². The van der Waals surface area contributed by atoms with Gasteiger partial charge in [0.1, 0.15) is 0 Å². The summed E-state index contributed by atoms with van der Waals surface area (Å²) in [5, 5.41) is 13.1. The molecule has 1 heterocycles. The SMILES string of the molecule is CC1(c2nc(-c3cccc(C(=O)O)c3)no2)CCCCC1. The highest BCUT2D eigenvalue weighted by Crippen LogP contribution is 2.38. The summed E-state index contributed by atoms with van der Waals surface area (Å²) < 4.78 is 5.45. The van der Waals surface area contributed by atoms with Crippen LogP contribution in [-0.2, 0) is 5.41 Å². The van der Waals surface area contributed by atoms with Crippen molar-refractivity contribution >= 4 is 5.97 Å². The van der Waals surface area contributed by atoms with E-state index in [4.69, 9.17) is 9.63 Å². The Hall–Kier alpha value is -2.17. The van der Waals surface area contributed by atoms with E-state index in [0.717, 1.165) is 12.8 Å². The van der Waals surface area contributed by atoms with Crippen LogP contribution in [0.4, 0.5) is 0 Å². The van der Waals surface area contributed by atoms with Crippen molar-refractivity contribution in [2.45, 2.75) is 44.4 Å². The first-order valence-corrected chi connectivity index (χ1v) is 7.26. The molecule has 1 aliphatic rings. The van der Waals surface area contributed by atoms with Crippen LogP contribution in [-0.4, -0.2) is 21.2 Å². The van der Waals surface area contributed by atoms with Gasteiger partial charge in [0.15, 0.2) is 0 Å². The van der Waals surface area contributed by atoms with Crippen molar-refractivity contribution in [1.29, 1.82) is 0 Å². The largest absolute Gasteiger partial charge is 0.478 e. The van der Waals surface area contributed by atoms with E-state index in [0.29, 0.717) is 17.3 Å². The molecule has 0 saturated heterocycles. The molecule has 21 heavy (non-hydrogen) atoms. The van der Waals surface area contributed by atoms with E-state index in [2.05, 4.69) is 17.1 Å². The van der Waals surface area contributed by atoms with Crippen LogP contribution in [0.15, 0.2) is 28.8 Å². The maximum absolute atomic E-state index is 11.0. The van der Waals surface area contributed by atoms with Gasteiger partial charge >= 0.3 is 5.97 Å². The lowest BCUT2D eigenvalue weighted by Gasteiger charge is -2.29. The summed E-state index contributed by atoms with van der Waals surface area (Å²) in [4.78, 5) is 15.5. The molecule has 0 amide bonds. The van der Waals surface area contributed by atoms with Gasteiger partial charge in [-0.25, -0.2) is 4.79 Å². The highest BCUT2D eigenvalue weighted by molar-refractivity contribution is 5.89. The fourth-order valence-electron chi connectivity index (χ4n) is 2.92. The van der Waals surface area contributed by atoms with Gasteiger partial charge in [0.05, 0.1) is 5.56 Å². The Morgan fingerprint density at radius 3 is 2.76 bits per heavy atom. The van der Waals surface area contributed by atoms with Crippen LogP contribution in [0.5, 0.6) is 0 Å². The van der Waals surface area contributed by atoms with E-state index in [1.165, 1.54) is 19.3 Å². The molecule has 1 N–H and O–H groups in total. The first-order chi connectivity index (χ1) is 10.1. The summed E-state index contributed by atoms with van der Waals surface area (Å²) in [6, 6.07) is 6.61. The zero-order valence-electron chi connectivity index (χ0n) is 12.0. The quantitative estimate of drug-likeness (QED) is 0.931. The molecular formula is C16H18N2O3. The molecule has 0 unspecified atom stereocenters. The maximum atomic E-state index is 11.0. The summed E-state index contributed by atoms with van der Waals surface area (Å²) in [6.45, 7) is 2.16. The predicted octanol–water partition coefficient (Wildman–Crippen LogP) is 3.66. The van der Waals surface area contributed by atoms with E-state index in [1.54, 1.807) is 24.3 Å². The molecule has 0 spiro atoms. The molecule has 1 fully saturated rings. The van der Waals surface area contributed by atoms with E-state index in [-0.39, 0.29) is 11.0 Å². The molecule has 5 heteroatoms. The summed E-state index contributed by atoms with van der Waals surface area (Å²) in [5.41, 5.74) is 0.848. The van der Waals surface area contributed by atoms with Crippen molar-refractivity contribution in [2.24, 2.45) is 0 Å². The van der Waals surface area contributed by atoms with Crippen LogP contribution in [0.1, 0.15) is 55.3 Å². The van der Waals surface area contributed by atoms with Crippen LogP contribution < -0.4 is 0 Å². The molecular weight excluding hydrogens is 268 g/mol. The second kappa shape index (κ2) is 5.31. The Bertz CT molecular complexity index is 657. The summed E-state index contributed by atoms with van der Waals surface area (Å²) in [6.07, 6.45) is 5.75. The number of hydrogen-bond donors (Lipinski definition) is 1. The van der Waals surface area contributed by atoms with E-state index in [1.807, 2.05) is 0 Å². The average Bonchev–Trinajstić information content (AvgIpc) is 2.99. The second-order valence-corrected chi connectivity index (χ2v) is 5.93. The maximum Gasteiger partial charge on any atom is 0.335 e. The standard InChI is InChI=1S/C16H18N2O3/c1-16(8-3-2-4-9-16)15-17-13(18-21-15)11-6-5-7-12(10-11)14(19)20/h5-7,10H,2-4,8-9H2,1H3,(H,19,20). The normalized spacial score (nSPS) is 17.6. The first kappa shape index (κ1) is 13.8. The van der Waals surface area contributed by atoms with Crippen LogP contribution in [0.25, 0.3) is 11.4 Å². The van der Waals surface area contributed by atoms with Crippen LogP contribution >= 0.6 is 0 Å². The number of carboxylic acids is 1. The molecule has 3 rings (SSSR count). The van der Waals surface area contributed by atoms with Crippen molar-refractivity contribution in [1.82, 2.24) is 10.1 Å². The van der Waals surface area contributed by atoms with Crippen molar-refractivity contribution in [3.05, 3.63) is 35.7 Å². The minimum absolute atomic E-state index is 0.0477. The summed E-state index contributed by atoms with van der Waals surface area (Å²) in [5.74, 6) is 0.164. The zero-order chi connectivity index (χ0) is 14.9. The molecule has 5 nitrogen and oxygen atoms in total. The number of carboxylic acid groups (broad SMARTS) is 1. The highest BCUT2D eigenvalue weighted by Gasteiger charge is 2.34. The van der Waals surface area contributed by atoms with Gasteiger partial charge in [-0.15, -0.1) is 0 Å². The number of hydrogen-bond acceptors (Lipinski definition) is 4. The average molecular weight is 286 g/mol. The molecule has 1 aromatic carbocycles. The predicted molar refractivity (Wildman–Crippen MR) is 77.1 cm³/mol. The minimum Gasteiger partial charge on any atom is -0.478 e. The lowest BCUT2D eigenvalue weighted by Crippen LogP contribution is -2.25. The van der Waals surface area contributed by atoms with Crippen molar-refractivity contribution in [3.8, 4) is 11.4 Å². The molecule has 1 saturated carbocycles. The molecule has 0 bridgehead atoms. The highest BCUT2D eigenvalue weighted by atomic mass is 16.5. The Morgan fingerprint density at radius 2 is 2.05 bits per heavy atom. The van der Waals surface area contributed by atoms with Gasteiger partial charge < -0.3 is 9.63 Å². The van der Waals surface area contributed by atoms with Crippen LogP contribution in [0.2, 0.25) is 0 Å². The summed E-state index contributed by atoms with van der Waals surface area (Å²) in [7, 11) is 0. The smallest absolute Gasteiger partial charge is 0.335 e. The van der Waals surface area contributed by atoms with Crippen LogP contribution in [0, 0.1) is 0 Å². The van der Waals surface area contributed by atoms with Crippen molar-refractivity contribution in [3.63, 3.8) is 0 Å². The fourth-order valence-corrected chi connectivity index (χ4v) is 2.92. The Balaban J connectivity index is 1.91. The molecule has 1 aliphatic carbocycles. The number of aromatic carboxylic acids is 1. The third-order valence-corrected chi connectivity index (χ3v) is 4.27. The van der Waals surface area contributed by atoms with E-state index >= 15 is 0 Å². The van der Waals surface area contributed by atoms with Gasteiger partial charge in [-0.2, -0.15) is 4.98 Å². The third kappa shape index (κ3) is 2.68. The Labute approximate surface area is 123 Å².